The van der Waals surface area contributed by atoms with Crippen LogP contribution in [0.15, 0.2) is 66.7 Å². The zero-order chi connectivity index (χ0) is 23.8. The molecule has 4 aliphatic rings. The highest BCUT2D eigenvalue weighted by molar-refractivity contribution is 5.78. The molecule has 1 unspecified atom stereocenters. The van der Waals surface area contributed by atoms with Crippen molar-refractivity contribution in [3.8, 4) is 5.75 Å². The predicted octanol–water partition coefficient (Wildman–Crippen LogP) is 6.09. The Morgan fingerprint density at radius 1 is 0.800 bits per heavy atom. The monoisotopic (exact) mass is 466 g/mol. The van der Waals surface area contributed by atoms with E-state index in [1.165, 1.54) is 46.2 Å². The van der Waals surface area contributed by atoms with Crippen molar-refractivity contribution in [3.05, 3.63) is 100 Å². The second kappa shape index (κ2) is 9.33. The van der Waals surface area contributed by atoms with Gasteiger partial charge in [0, 0.05) is 18.3 Å². The molecule has 0 aromatic heterocycles. The van der Waals surface area contributed by atoms with Crippen LogP contribution in [-0.2, 0) is 27.2 Å². The molecule has 35 heavy (non-hydrogen) atoms. The molecule has 4 heteroatoms. The molecular weight excluding hydrogens is 436 g/mol. The van der Waals surface area contributed by atoms with Crippen LogP contribution in [0.1, 0.15) is 77.3 Å². The van der Waals surface area contributed by atoms with E-state index in [0.29, 0.717) is 12.2 Å². The summed E-state index contributed by atoms with van der Waals surface area (Å²) in [7, 11) is 0. The minimum atomic E-state index is -0.281. The third-order valence-electron chi connectivity index (χ3n) is 7.93. The summed E-state index contributed by atoms with van der Waals surface area (Å²) in [6, 6.07) is 22.9. The van der Waals surface area contributed by atoms with Gasteiger partial charge in [-0.1, -0.05) is 54.6 Å². The Morgan fingerprint density at radius 2 is 1.46 bits per heavy atom. The average molecular weight is 467 g/mol. The van der Waals surface area contributed by atoms with Crippen molar-refractivity contribution in [1.82, 2.24) is 0 Å². The second-order valence-corrected chi connectivity index (χ2v) is 10.0. The van der Waals surface area contributed by atoms with Crippen molar-refractivity contribution < 1.29 is 19.1 Å². The van der Waals surface area contributed by atoms with E-state index < -0.39 is 0 Å². The van der Waals surface area contributed by atoms with Crippen LogP contribution in [0.2, 0.25) is 0 Å². The van der Waals surface area contributed by atoms with Gasteiger partial charge in [0.25, 0.3) is 0 Å². The van der Waals surface area contributed by atoms with Crippen LogP contribution in [0.4, 0.5) is 0 Å². The Hall–Kier alpha value is -3.40. The molecule has 3 aromatic carbocycles. The molecule has 0 saturated heterocycles. The topological polar surface area (TPSA) is 52.6 Å². The number of ether oxygens (including phenoxy) is 2. The molecule has 0 N–H and O–H groups in total. The Kier molecular flexibility index (Phi) is 5.89. The zero-order valence-corrected chi connectivity index (χ0v) is 19.9. The van der Waals surface area contributed by atoms with Gasteiger partial charge in [-0.15, -0.1) is 0 Å². The van der Waals surface area contributed by atoms with Gasteiger partial charge < -0.3 is 9.47 Å². The maximum Gasteiger partial charge on any atom is 0.311 e. The van der Waals surface area contributed by atoms with Gasteiger partial charge in [0.1, 0.15) is 5.75 Å². The number of fused-ring (bicyclic) bond motifs is 2. The summed E-state index contributed by atoms with van der Waals surface area (Å²) < 4.78 is 11.2. The highest BCUT2D eigenvalue weighted by atomic mass is 16.5. The van der Waals surface area contributed by atoms with Crippen LogP contribution in [0.3, 0.4) is 0 Å². The van der Waals surface area contributed by atoms with Crippen LogP contribution >= 0.6 is 0 Å². The lowest BCUT2D eigenvalue weighted by Gasteiger charge is -2.44. The van der Waals surface area contributed by atoms with E-state index in [2.05, 4.69) is 54.6 Å². The maximum atomic E-state index is 13.1. The van der Waals surface area contributed by atoms with E-state index in [4.69, 9.17) is 9.47 Å². The van der Waals surface area contributed by atoms with Gasteiger partial charge in [0.2, 0.25) is 0 Å². The van der Waals surface area contributed by atoms with Crippen molar-refractivity contribution in [1.29, 1.82) is 0 Å². The van der Waals surface area contributed by atoms with Gasteiger partial charge in [0.05, 0.1) is 12.5 Å². The van der Waals surface area contributed by atoms with Gasteiger partial charge in [-0.2, -0.15) is 0 Å². The van der Waals surface area contributed by atoms with Crippen molar-refractivity contribution in [2.24, 2.45) is 5.92 Å². The Morgan fingerprint density at radius 3 is 2.17 bits per heavy atom. The molecule has 1 atom stereocenters. The largest absolute Gasteiger partial charge is 0.465 e. The van der Waals surface area contributed by atoms with Crippen molar-refractivity contribution >= 4 is 11.9 Å². The highest BCUT2D eigenvalue weighted by Gasteiger charge is 2.46. The van der Waals surface area contributed by atoms with Crippen molar-refractivity contribution in [2.45, 2.75) is 56.8 Å². The van der Waals surface area contributed by atoms with E-state index in [1.54, 1.807) is 0 Å². The van der Waals surface area contributed by atoms with Crippen molar-refractivity contribution in [2.75, 3.05) is 6.61 Å². The maximum absolute atomic E-state index is 13.1. The van der Waals surface area contributed by atoms with Crippen LogP contribution in [0.5, 0.6) is 5.75 Å². The van der Waals surface area contributed by atoms with Crippen LogP contribution in [0.25, 0.3) is 0 Å². The quantitative estimate of drug-likeness (QED) is 0.251. The molecule has 0 heterocycles. The van der Waals surface area contributed by atoms with E-state index in [0.717, 1.165) is 19.3 Å². The Bertz CT molecular complexity index is 1230. The summed E-state index contributed by atoms with van der Waals surface area (Å²) in [5.74, 6) is 0.254. The molecule has 2 bridgehead atoms. The molecule has 0 radical (unpaired) electrons. The third-order valence-corrected chi connectivity index (χ3v) is 7.93. The van der Waals surface area contributed by atoms with Gasteiger partial charge in [0.15, 0.2) is 0 Å². The number of benzene rings is 3. The molecule has 178 valence electrons. The normalized spacial score (nSPS) is 21.4. The number of rotatable bonds is 6. The number of hydrogen-bond donors (Lipinski definition) is 0. The van der Waals surface area contributed by atoms with E-state index in [-0.39, 0.29) is 42.7 Å². The summed E-state index contributed by atoms with van der Waals surface area (Å²) in [6.07, 6.45) is 6.04. The van der Waals surface area contributed by atoms with Gasteiger partial charge in [-0.25, -0.2) is 0 Å². The van der Waals surface area contributed by atoms with E-state index >= 15 is 0 Å². The van der Waals surface area contributed by atoms with Crippen LogP contribution < -0.4 is 4.74 Å². The molecule has 3 aromatic rings. The lowest BCUT2D eigenvalue weighted by atomic mass is 9.59. The molecule has 4 nitrogen and oxygen atoms in total. The SMILES string of the molecule is O=C(CCCOC(=O)C1CC2c3ccccc3C1c1ccccc12)Oc1ccc2c(c1)CCCC2. The first kappa shape index (κ1) is 22.1. The first-order valence-electron chi connectivity index (χ1n) is 12.9. The van der Waals surface area contributed by atoms with Gasteiger partial charge in [-0.05, 0) is 84.0 Å². The number of carbonyl (C=O) groups is 2. The molecular formula is C31H30O4. The number of carbonyl (C=O) groups excluding carboxylic acids is 2. The molecule has 7 rings (SSSR count). The molecule has 0 saturated carbocycles. The number of aryl methyl sites for hydroxylation is 2. The Balaban J connectivity index is 1.05. The molecule has 0 fully saturated rings. The lowest BCUT2D eigenvalue weighted by Crippen LogP contribution is -2.37. The second-order valence-electron chi connectivity index (χ2n) is 10.0. The standard InChI is InChI=1S/C31H30O4/c32-29(35-22-16-15-20-8-1-2-9-21(20)18-22)14-7-17-34-31(33)28-19-27-23-10-3-5-12-25(23)30(28)26-13-6-4-11-24(26)27/h3-6,10-13,15-16,18,27-28,30H,1-2,7-9,14,17,19H2. The first-order chi connectivity index (χ1) is 17.2. The predicted molar refractivity (Wildman–Crippen MR) is 134 cm³/mol. The molecule has 0 aliphatic heterocycles. The van der Waals surface area contributed by atoms with Crippen LogP contribution in [-0.4, -0.2) is 18.5 Å². The lowest BCUT2D eigenvalue weighted by molar-refractivity contribution is -0.150. The number of esters is 2. The minimum Gasteiger partial charge on any atom is -0.465 e. The zero-order valence-electron chi connectivity index (χ0n) is 19.9. The van der Waals surface area contributed by atoms with E-state index in [9.17, 15) is 9.59 Å². The third kappa shape index (κ3) is 4.16. The highest BCUT2D eigenvalue weighted by Crippen LogP contribution is 2.55. The molecule has 0 amide bonds. The molecule has 0 spiro atoms. The average Bonchev–Trinajstić information content (AvgIpc) is 2.91. The van der Waals surface area contributed by atoms with Gasteiger partial charge in [-0.3, -0.25) is 9.59 Å². The fourth-order valence-corrected chi connectivity index (χ4v) is 6.32. The fourth-order valence-electron chi connectivity index (χ4n) is 6.32. The van der Waals surface area contributed by atoms with Gasteiger partial charge >= 0.3 is 11.9 Å². The summed E-state index contributed by atoms with van der Waals surface area (Å²) in [6.45, 7) is 0.231. The van der Waals surface area contributed by atoms with E-state index in [1.807, 2.05) is 12.1 Å². The van der Waals surface area contributed by atoms with Crippen LogP contribution in [0, 0.1) is 5.92 Å². The summed E-state index contributed by atoms with van der Waals surface area (Å²) in [5, 5.41) is 0. The smallest absolute Gasteiger partial charge is 0.311 e. The first-order valence-corrected chi connectivity index (χ1v) is 12.9. The number of hydrogen-bond acceptors (Lipinski definition) is 4. The molecule has 4 aliphatic carbocycles. The van der Waals surface area contributed by atoms with Crippen molar-refractivity contribution in [3.63, 3.8) is 0 Å². The Labute approximate surface area is 206 Å². The minimum absolute atomic E-state index is 0.0360. The fraction of sp³-hybridized carbons (Fsp3) is 0.355. The summed E-state index contributed by atoms with van der Waals surface area (Å²) in [5.41, 5.74) is 7.83. The summed E-state index contributed by atoms with van der Waals surface area (Å²) in [4.78, 5) is 25.5. The summed E-state index contributed by atoms with van der Waals surface area (Å²) >= 11 is 0.